The summed E-state index contributed by atoms with van der Waals surface area (Å²) in [6, 6.07) is 6.19. The van der Waals surface area contributed by atoms with Gasteiger partial charge in [-0.3, -0.25) is 14.4 Å². The zero-order chi connectivity index (χ0) is 20.8. The largest absolute Gasteiger partial charge is 0.349 e. The molecule has 1 aromatic rings. The summed E-state index contributed by atoms with van der Waals surface area (Å²) >= 11 is 0. The quantitative estimate of drug-likeness (QED) is 0.708. The lowest BCUT2D eigenvalue weighted by Gasteiger charge is -2.41. The first kappa shape index (κ1) is 19.5. The van der Waals surface area contributed by atoms with Crippen LogP contribution in [-0.2, 0) is 16.0 Å². The van der Waals surface area contributed by atoms with Gasteiger partial charge in [0.05, 0.1) is 6.42 Å². The minimum absolute atomic E-state index is 0.0314. The standard InChI is InChI=1S/C23H30N4O3/c24-16-4-1-13(2-5-16)23(30)27-18-6-7-19(27)12-17(11-18)25-22(29)14-3-8-20-15(9-14)10-21(28)26-20/h3,8-9,13,16-19H,1-2,4-7,10-12,24H2,(H,25,29)(H,26,28)/t13?,16?,17-,18+,19-. The number of hydrogen-bond acceptors (Lipinski definition) is 4. The summed E-state index contributed by atoms with van der Waals surface area (Å²) in [5.74, 6) is 0.315. The highest BCUT2D eigenvalue weighted by atomic mass is 16.2. The second-order valence-electron chi connectivity index (χ2n) is 9.48. The van der Waals surface area contributed by atoms with Gasteiger partial charge in [-0.25, -0.2) is 0 Å². The number of nitrogens with two attached hydrogens (primary N) is 1. The first-order chi connectivity index (χ1) is 14.5. The second kappa shape index (κ2) is 7.69. The van der Waals surface area contributed by atoms with Crippen molar-refractivity contribution in [2.75, 3.05) is 5.32 Å². The van der Waals surface area contributed by atoms with Crippen LogP contribution in [0.25, 0.3) is 0 Å². The van der Waals surface area contributed by atoms with Crippen LogP contribution in [0.1, 0.15) is 67.3 Å². The van der Waals surface area contributed by atoms with E-state index in [1.807, 2.05) is 6.07 Å². The topological polar surface area (TPSA) is 105 Å². The van der Waals surface area contributed by atoms with Crippen molar-refractivity contribution < 1.29 is 14.4 Å². The Hall–Kier alpha value is -2.41. The molecule has 3 atom stereocenters. The first-order valence-electron chi connectivity index (χ1n) is 11.3. The van der Waals surface area contributed by atoms with Gasteiger partial charge in [0.15, 0.2) is 0 Å². The molecule has 7 nitrogen and oxygen atoms in total. The van der Waals surface area contributed by atoms with Gasteiger partial charge in [-0.2, -0.15) is 0 Å². The maximum Gasteiger partial charge on any atom is 0.251 e. The predicted octanol–water partition coefficient (Wildman–Crippen LogP) is 1.95. The van der Waals surface area contributed by atoms with Crippen molar-refractivity contribution in [3.05, 3.63) is 29.3 Å². The van der Waals surface area contributed by atoms with Gasteiger partial charge in [-0.15, -0.1) is 0 Å². The normalized spacial score (nSPS) is 32.5. The Kier molecular flexibility index (Phi) is 5.01. The van der Waals surface area contributed by atoms with Crippen molar-refractivity contribution >= 4 is 23.4 Å². The molecule has 160 valence electrons. The van der Waals surface area contributed by atoms with Crippen molar-refractivity contribution in [1.29, 1.82) is 0 Å². The highest BCUT2D eigenvalue weighted by molar-refractivity contribution is 6.01. The van der Waals surface area contributed by atoms with Crippen LogP contribution in [-0.4, -0.2) is 46.8 Å². The zero-order valence-corrected chi connectivity index (χ0v) is 17.2. The number of nitrogens with zero attached hydrogens (tertiary/aromatic N) is 1. The van der Waals surface area contributed by atoms with Crippen LogP contribution in [0.4, 0.5) is 5.69 Å². The molecule has 0 radical (unpaired) electrons. The number of nitrogens with one attached hydrogen (secondary N) is 2. The minimum atomic E-state index is -0.0948. The van der Waals surface area contributed by atoms with E-state index in [1.54, 1.807) is 12.1 Å². The molecule has 3 fully saturated rings. The molecule has 2 saturated heterocycles. The van der Waals surface area contributed by atoms with E-state index in [0.717, 1.165) is 62.6 Å². The Bertz CT molecular complexity index is 863. The van der Waals surface area contributed by atoms with Gasteiger partial charge in [-0.1, -0.05) is 0 Å². The molecule has 4 N–H and O–H groups in total. The third kappa shape index (κ3) is 3.60. The van der Waals surface area contributed by atoms with E-state index >= 15 is 0 Å². The number of amides is 3. The maximum absolute atomic E-state index is 13.2. The molecule has 5 rings (SSSR count). The number of piperidine rings is 1. The van der Waals surface area contributed by atoms with Gasteiger partial charge in [-0.05, 0) is 75.1 Å². The predicted molar refractivity (Wildman–Crippen MR) is 113 cm³/mol. The van der Waals surface area contributed by atoms with Crippen LogP contribution in [0.5, 0.6) is 0 Å². The van der Waals surface area contributed by atoms with Crippen molar-refractivity contribution in [2.24, 2.45) is 11.7 Å². The molecule has 3 amide bonds. The van der Waals surface area contributed by atoms with Gasteiger partial charge in [0, 0.05) is 41.3 Å². The van der Waals surface area contributed by atoms with E-state index in [-0.39, 0.29) is 41.9 Å². The van der Waals surface area contributed by atoms with Gasteiger partial charge in [0.2, 0.25) is 11.8 Å². The summed E-state index contributed by atoms with van der Waals surface area (Å²) in [5.41, 5.74) is 8.27. The fourth-order valence-corrected chi connectivity index (χ4v) is 5.87. The molecule has 4 aliphatic rings. The monoisotopic (exact) mass is 410 g/mol. The molecule has 0 spiro atoms. The molecule has 1 aliphatic carbocycles. The number of anilines is 1. The molecular weight excluding hydrogens is 380 g/mol. The Labute approximate surface area is 176 Å². The number of carbonyl (C=O) groups excluding carboxylic acids is 3. The van der Waals surface area contributed by atoms with Gasteiger partial charge in [0.1, 0.15) is 0 Å². The fraction of sp³-hybridized carbons (Fsp3) is 0.609. The maximum atomic E-state index is 13.2. The average molecular weight is 411 g/mol. The van der Waals surface area contributed by atoms with Crippen LogP contribution in [0.15, 0.2) is 18.2 Å². The number of benzene rings is 1. The second-order valence-corrected chi connectivity index (χ2v) is 9.48. The molecule has 3 aliphatic heterocycles. The van der Waals surface area contributed by atoms with E-state index in [2.05, 4.69) is 15.5 Å². The van der Waals surface area contributed by atoms with Gasteiger partial charge < -0.3 is 21.3 Å². The van der Waals surface area contributed by atoms with Gasteiger partial charge in [0.25, 0.3) is 5.91 Å². The molecule has 1 aromatic carbocycles. The Morgan fingerprint density at radius 3 is 2.43 bits per heavy atom. The highest BCUT2D eigenvalue weighted by Gasteiger charge is 2.45. The van der Waals surface area contributed by atoms with Crippen molar-refractivity contribution in [1.82, 2.24) is 10.2 Å². The van der Waals surface area contributed by atoms with Crippen LogP contribution in [0.2, 0.25) is 0 Å². The Morgan fingerprint density at radius 2 is 1.73 bits per heavy atom. The molecule has 2 bridgehead atoms. The first-order valence-corrected chi connectivity index (χ1v) is 11.3. The van der Waals surface area contributed by atoms with Crippen LogP contribution in [0.3, 0.4) is 0 Å². The summed E-state index contributed by atoms with van der Waals surface area (Å²) in [7, 11) is 0. The van der Waals surface area contributed by atoms with E-state index in [9.17, 15) is 14.4 Å². The minimum Gasteiger partial charge on any atom is -0.349 e. The lowest BCUT2D eigenvalue weighted by molar-refractivity contribution is -0.141. The van der Waals surface area contributed by atoms with Crippen molar-refractivity contribution in [3.8, 4) is 0 Å². The molecule has 0 aromatic heterocycles. The lowest BCUT2D eigenvalue weighted by atomic mass is 9.84. The highest BCUT2D eigenvalue weighted by Crippen LogP contribution is 2.38. The number of rotatable bonds is 3. The molecule has 0 unspecified atom stereocenters. The molecular formula is C23H30N4O3. The van der Waals surface area contributed by atoms with Crippen LogP contribution >= 0.6 is 0 Å². The van der Waals surface area contributed by atoms with Crippen LogP contribution < -0.4 is 16.4 Å². The molecule has 30 heavy (non-hydrogen) atoms. The summed E-state index contributed by atoms with van der Waals surface area (Å²) < 4.78 is 0. The van der Waals surface area contributed by atoms with Gasteiger partial charge >= 0.3 is 0 Å². The number of carbonyl (C=O) groups is 3. The SMILES string of the molecule is NC1CCC(C(=O)N2[C@@H]3CC[C@H]2C[C@@H](NC(=O)c2ccc4c(c2)CC(=O)N4)C3)CC1. The third-order valence-electron chi connectivity index (χ3n) is 7.44. The number of hydrogen-bond donors (Lipinski definition) is 3. The third-order valence-corrected chi connectivity index (χ3v) is 7.44. The average Bonchev–Trinajstić information content (AvgIpc) is 3.23. The molecule has 1 saturated carbocycles. The fourth-order valence-electron chi connectivity index (χ4n) is 5.87. The van der Waals surface area contributed by atoms with Crippen molar-refractivity contribution in [3.63, 3.8) is 0 Å². The van der Waals surface area contributed by atoms with E-state index in [4.69, 9.17) is 5.73 Å². The smallest absolute Gasteiger partial charge is 0.251 e. The molecule has 3 heterocycles. The summed E-state index contributed by atoms with van der Waals surface area (Å²) in [6.45, 7) is 0. The summed E-state index contributed by atoms with van der Waals surface area (Å²) in [4.78, 5) is 39.7. The zero-order valence-electron chi connectivity index (χ0n) is 17.2. The Balaban J connectivity index is 1.21. The number of fused-ring (bicyclic) bond motifs is 3. The summed E-state index contributed by atoms with van der Waals surface area (Å²) in [5, 5.41) is 5.98. The van der Waals surface area contributed by atoms with E-state index in [0.29, 0.717) is 17.9 Å². The van der Waals surface area contributed by atoms with E-state index < -0.39 is 0 Å². The van der Waals surface area contributed by atoms with Crippen molar-refractivity contribution in [2.45, 2.75) is 82.0 Å². The Morgan fingerprint density at radius 1 is 1.03 bits per heavy atom. The lowest BCUT2D eigenvalue weighted by Crippen LogP contribution is -2.54. The van der Waals surface area contributed by atoms with Crippen LogP contribution in [0, 0.1) is 5.92 Å². The summed E-state index contributed by atoms with van der Waals surface area (Å²) in [6.07, 6.45) is 7.74. The van der Waals surface area contributed by atoms with E-state index in [1.165, 1.54) is 0 Å². The molecule has 7 heteroatoms.